The Balaban J connectivity index is 2.50. The fraction of sp³-hybridized carbons (Fsp3) is 0.407. The van der Waals surface area contributed by atoms with Gasteiger partial charge >= 0.3 is 6.09 Å². The van der Waals surface area contributed by atoms with Crippen LogP contribution in [0.15, 0.2) is 42.5 Å². The van der Waals surface area contributed by atoms with Crippen molar-refractivity contribution in [2.45, 2.75) is 52.3 Å². The third-order valence-electron chi connectivity index (χ3n) is 5.43. The number of carbonyl (C=O) groups excluding carboxylic acids is 3. The molecule has 2 unspecified atom stereocenters. The van der Waals surface area contributed by atoms with Gasteiger partial charge in [0.15, 0.2) is 0 Å². The molecule has 9 nitrogen and oxygen atoms in total. The van der Waals surface area contributed by atoms with Crippen molar-refractivity contribution in [3.63, 3.8) is 0 Å². The van der Waals surface area contributed by atoms with Crippen molar-refractivity contribution in [2.24, 2.45) is 0 Å². The molecule has 0 radical (unpaired) electrons. The molecule has 0 fully saturated rings. The number of ether oxygens (including phenoxy) is 2. The van der Waals surface area contributed by atoms with Crippen LogP contribution in [0.3, 0.4) is 0 Å². The van der Waals surface area contributed by atoms with Crippen LogP contribution in [0.1, 0.15) is 43.5 Å². The van der Waals surface area contributed by atoms with Gasteiger partial charge in [-0.05, 0) is 75.6 Å². The van der Waals surface area contributed by atoms with Crippen LogP contribution >= 0.6 is 12.6 Å². The molecule has 2 aromatic rings. The maximum Gasteiger partial charge on any atom is 0.408 e. The molecule has 0 aliphatic heterocycles. The third kappa shape index (κ3) is 8.15. The van der Waals surface area contributed by atoms with E-state index in [0.717, 1.165) is 16.0 Å². The fourth-order valence-corrected chi connectivity index (χ4v) is 4.03. The predicted octanol–water partition coefficient (Wildman–Crippen LogP) is 4.17. The molecular weight excluding hydrogens is 492 g/mol. The molecule has 2 aromatic carbocycles. The molecular formula is C27H34N4O5S. The van der Waals surface area contributed by atoms with Gasteiger partial charge in [0.25, 0.3) is 5.91 Å². The van der Waals surface area contributed by atoms with Crippen molar-refractivity contribution in [2.75, 3.05) is 24.7 Å². The first-order valence-corrected chi connectivity index (χ1v) is 12.3. The summed E-state index contributed by atoms with van der Waals surface area (Å²) in [6, 6.07) is 12.0. The molecule has 2 N–H and O–H groups in total. The van der Waals surface area contributed by atoms with Crippen molar-refractivity contribution in [1.29, 1.82) is 5.26 Å². The summed E-state index contributed by atoms with van der Waals surface area (Å²) in [5.41, 5.74) is 1.84. The largest absolute Gasteiger partial charge is 0.497 e. The number of methoxy groups -OCH3 is 1. The van der Waals surface area contributed by atoms with Gasteiger partial charge in [-0.1, -0.05) is 18.2 Å². The average molecular weight is 527 g/mol. The van der Waals surface area contributed by atoms with E-state index in [4.69, 9.17) is 9.47 Å². The number of anilines is 1. The molecule has 0 heterocycles. The Labute approximate surface area is 223 Å². The second-order valence-electron chi connectivity index (χ2n) is 9.43. The van der Waals surface area contributed by atoms with Crippen LogP contribution < -0.4 is 15.4 Å². The lowest BCUT2D eigenvalue weighted by molar-refractivity contribution is -0.139. The van der Waals surface area contributed by atoms with E-state index >= 15 is 0 Å². The maximum absolute atomic E-state index is 13.7. The highest BCUT2D eigenvalue weighted by Crippen LogP contribution is 2.30. The minimum atomic E-state index is -1.15. The van der Waals surface area contributed by atoms with E-state index in [1.54, 1.807) is 52.1 Å². The lowest BCUT2D eigenvalue weighted by Gasteiger charge is -2.34. The van der Waals surface area contributed by atoms with Crippen LogP contribution in [0.2, 0.25) is 0 Å². The summed E-state index contributed by atoms with van der Waals surface area (Å²) in [7, 11) is 1.54. The molecule has 2 atom stereocenters. The lowest BCUT2D eigenvalue weighted by atomic mass is 9.93. The van der Waals surface area contributed by atoms with E-state index in [-0.39, 0.29) is 5.75 Å². The highest BCUT2D eigenvalue weighted by Gasteiger charge is 2.37. The Hall–Kier alpha value is -3.71. The first-order chi connectivity index (χ1) is 17.4. The van der Waals surface area contributed by atoms with Crippen LogP contribution in [-0.2, 0) is 14.3 Å². The Morgan fingerprint density at radius 2 is 1.68 bits per heavy atom. The molecule has 0 aliphatic carbocycles. The van der Waals surface area contributed by atoms with Gasteiger partial charge in [-0.2, -0.15) is 17.9 Å². The number of benzene rings is 2. The quantitative estimate of drug-likeness (QED) is 0.333. The van der Waals surface area contributed by atoms with Crippen molar-refractivity contribution in [3.8, 4) is 11.8 Å². The summed E-state index contributed by atoms with van der Waals surface area (Å²) in [5, 5.41) is 15.0. The van der Waals surface area contributed by atoms with Crippen molar-refractivity contribution < 1.29 is 23.9 Å². The summed E-state index contributed by atoms with van der Waals surface area (Å²) in [5.74, 6) is -0.601. The molecule has 37 heavy (non-hydrogen) atoms. The van der Waals surface area contributed by atoms with Gasteiger partial charge in [0, 0.05) is 11.4 Å². The minimum Gasteiger partial charge on any atom is -0.497 e. The van der Waals surface area contributed by atoms with Crippen molar-refractivity contribution in [3.05, 3.63) is 59.2 Å². The predicted molar refractivity (Wildman–Crippen MR) is 145 cm³/mol. The topological polar surface area (TPSA) is 121 Å². The molecule has 3 amide bonds. The van der Waals surface area contributed by atoms with Gasteiger partial charge in [0.1, 0.15) is 30.0 Å². The third-order valence-corrected chi connectivity index (χ3v) is 5.79. The van der Waals surface area contributed by atoms with Crippen molar-refractivity contribution >= 4 is 36.2 Å². The van der Waals surface area contributed by atoms with Gasteiger partial charge < -0.3 is 25.0 Å². The summed E-state index contributed by atoms with van der Waals surface area (Å²) >= 11 is 4.24. The molecule has 0 aromatic heterocycles. The number of thiol groups is 1. The molecule has 0 spiro atoms. The second-order valence-corrected chi connectivity index (χ2v) is 9.80. The van der Waals surface area contributed by atoms with E-state index in [9.17, 15) is 19.6 Å². The molecule has 10 heteroatoms. The van der Waals surface area contributed by atoms with Crippen LogP contribution in [0.4, 0.5) is 10.5 Å². The van der Waals surface area contributed by atoms with Crippen LogP contribution in [0, 0.1) is 25.2 Å². The monoisotopic (exact) mass is 526 g/mol. The van der Waals surface area contributed by atoms with Gasteiger partial charge in [0.2, 0.25) is 5.91 Å². The first kappa shape index (κ1) is 29.5. The first-order valence-electron chi connectivity index (χ1n) is 11.7. The standard InChI is InChI=1S/C27H34N4O5S/c1-17-8-7-9-18(2)22(17)23(24(32)29-19-10-12-20(35-6)13-11-19)31(15-14-28)25(33)21(16-37)30-26(34)36-27(3,4)5/h7-13,21,23,37H,15-16H2,1-6H3,(H,29,32)(H,30,34). The summed E-state index contributed by atoms with van der Waals surface area (Å²) in [4.78, 5) is 41.0. The fourth-order valence-electron chi connectivity index (χ4n) is 3.78. The number of carbonyl (C=O) groups is 3. The van der Waals surface area contributed by atoms with Crippen LogP contribution in [0.5, 0.6) is 5.75 Å². The van der Waals surface area contributed by atoms with Gasteiger partial charge in [-0.15, -0.1) is 0 Å². The maximum atomic E-state index is 13.7. The number of hydrogen-bond donors (Lipinski definition) is 3. The number of alkyl carbamates (subject to hydrolysis) is 1. The Kier molecular flexibility index (Phi) is 10.4. The van der Waals surface area contributed by atoms with E-state index in [1.807, 2.05) is 38.1 Å². The highest BCUT2D eigenvalue weighted by atomic mass is 32.1. The summed E-state index contributed by atoms with van der Waals surface area (Å²) in [6.45, 7) is 8.37. The molecule has 0 saturated carbocycles. The number of nitrogens with zero attached hydrogens (tertiary/aromatic N) is 2. The zero-order valence-corrected chi connectivity index (χ0v) is 22.9. The van der Waals surface area contributed by atoms with Crippen LogP contribution in [-0.4, -0.2) is 53.9 Å². The number of hydrogen-bond acceptors (Lipinski definition) is 7. The summed E-state index contributed by atoms with van der Waals surface area (Å²) in [6.07, 6.45) is -0.803. The van der Waals surface area contributed by atoms with Crippen LogP contribution in [0.25, 0.3) is 0 Å². The van der Waals surface area contributed by atoms with E-state index < -0.39 is 42.1 Å². The van der Waals surface area contributed by atoms with E-state index in [1.165, 1.54) is 0 Å². The number of amides is 3. The minimum absolute atomic E-state index is 0.0699. The van der Waals surface area contributed by atoms with Gasteiger partial charge in [0.05, 0.1) is 13.2 Å². The Bertz CT molecular complexity index is 1130. The number of aryl methyl sites for hydroxylation is 2. The smallest absolute Gasteiger partial charge is 0.408 e. The SMILES string of the molecule is COc1ccc(NC(=O)C(c2c(C)cccc2C)N(CC#N)C(=O)C(CS)NC(=O)OC(C)(C)C)cc1. The Morgan fingerprint density at radius 1 is 1.08 bits per heavy atom. The number of rotatable bonds is 9. The molecule has 0 saturated heterocycles. The van der Waals surface area contributed by atoms with Crippen molar-refractivity contribution in [1.82, 2.24) is 10.2 Å². The lowest BCUT2D eigenvalue weighted by Crippen LogP contribution is -2.53. The van der Waals surface area contributed by atoms with E-state index in [0.29, 0.717) is 17.0 Å². The normalized spacial score (nSPS) is 12.5. The van der Waals surface area contributed by atoms with E-state index in [2.05, 4.69) is 23.3 Å². The molecule has 198 valence electrons. The Morgan fingerprint density at radius 3 is 2.16 bits per heavy atom. The van der Waals surface area contributed by atoms with Gasteiger partial charge in [-0.25, -0.2) is 4.79 Å². The highest BCUT2D eigenvalue weighted by molar-refractivity contribution is 7.80. The summed E-state index contributed by atoms with van der Waals surface area (Å²) < 4.78 is 10.5. The zero-order chi connectivity index (χ0) is 27.8. The second kappa shape index (κ2) is 13.0. The zero-order valence-electron chi connectivity index (χ0n) is 22.0. The number of nitrogens with one attached hydrogen (secondary N) is 2. The average Bonchev–Trinajstić information content (AvgIpc) is 2.82. The number of nitriles is 1. The molecule has 0 bridgehead atoms. The van der Waals surface area contributed by atoms with Gasteiger partial charge in [-0.3, -0.25) is 9.59 Å². The molecule has 2 rings (SSSR count). The molecule has 0 aliphatic rings.